The summed E-state index contributed by atoms with van der Waals surface area (Å²) in [6.45, 7) is 0. The summed E-state index contributed by atoms with van der Waals surface area (Å²) in [6, 6.07) is 14.0. The second-order valence-corrected chi connectivity index (χ2v) is 5.18. The molecule has 0 atom stereocenters. The first kappa shape index (κ1) is 14.0. The summed E-state index contributed by atoms with van der Waals surface area (Å²) in [7, 11) is 3.14. The maximum Gasteiger partial charge on any atom is 0.207 e. The molecule has 0 aromatic heterocycles. The molecule has 0 saturated carbocycles. The lowest BCUT2D eigenvalue weighted by atomic mass is 9.87. The summed E-state index contributed by atoms with van der Waals surface area (Å²) in [5.74, 6) is -0.900. The number of methoxy groups -OCH3 is 2. The highest BCUT2D eigenvalue weighted by molar-refractivity contribution is 5.83. The molecule has 0 fully saturated rings. The Morgan fingerprint density at radius 1 is 0.810 bits per heavy atom. The molecule has 0 aliphatic heterocycles. The molecule has 0 saturated heterocycles. The fourth-order valence-corrected chi connectivity index (χ4v) is 2.58. The number of rotatable bonds is 3. The van der Waals surface area contributed by atoms with Crippen LogP contribution in [0.25, 0.3) is 10.8 Å². The average Bonchev–Trinajstić information content (AvgIpc) is 2.56. The number of ether oxygens (including phenoxy) is 2. The molecule has 3 heteroatoms. The Balaban J connectivity index is 2.01. The second kappa shape index (κ2) is 5.11. The lowest BCUT2D eigenvalue weighted by molar-refractivity contribution is -0.136. The van der Waals surface area contributed by atoms with Gasteiger partial charge in [0.05, 0.1) is 0 Å². The van der Waals surface area contributed by atoms with E-state index in [4.69, 9.17) is 9.47 Å². The molecular formula is C18H18O3. The van der Waals surface area contributed by atoms with Crippen molar-refractivity contribution in [3.8, 4) is 0 Å². The van der Waals surface area contributed by atoms with Gasteiger partial charge in [0.1, 0.15) is 5.60 Å². The van der Waals surface area contributed by atoms with E-state index >= 15 is 0 Å². The van der Waals surface area contributed by atoms with E-state index in [2.05, 4.69) is 6.07 Å². The average molecular weight is 282 g/mol. The standard InChI is InChI=1S/C18H18O3/c1-20-18(21-2)11-9-17(19,10-12-18)16-8-7-14-5-3-4-6-15(14)13-16/h3-13,19H,1-2H3. The minimum absolute atomic E-state index is 0.814. The van der Waals surface area contributed by atoms with E-state index in [1.54, 1.807) is 38.5 Å². The molecule has 1 aliphatic rings. The Hall–Kier alpha value is -1.94. The fourth-order valence-electron chi connectivity index (χ4n) is 2.58. The maximum absolute atomic E-state index is 10.8. The van der Waals surface area contributed by atoms with E-state index in [1.807, 2.05) is 36.4 Å². The Kier molecular flexibility index (Phi) is 3.41. The molecule has 21 heavy (non-hydrogen) atoms. The Morgan fingerprint density at radius 3 is 2.05 bits per heavy atom. The normalized spacial score (nSPS) is 19.0. The zero-order chi connectivity index (χ0) is 14.9. The van der Waals surface area contributed by atoms with Crippen LogP contribution in [0.5, 0.6) is 0 Å². The Labute approximate surface area is 124 Å². The van der Waals surface area contributed by atoms with Crippen LogP contribution < -0.4 is 0 Å². The summed E-state index contributed by atoms with van der Waals surface area (Å²) in [6.07, 6.45) is 6.85. The molecule has 1 aliphatic carbocycles. The van der Waals surface area contributed by atoms with E-state index in [0.717, 1.165) is 16.3 Å². The third-order valence-corrected chi connectivity index (χ3v) is 3.99. The van der Waals surface area contributed by atoms with Gasteiger partial charge in [-0.15, -0.1) is 0 Å². The van der Waals surface area contributed by atoms with Crippen LogP contribution in [0, 0.1) is 0 Å². The molecule has 0 amide bonds. The van der Waals surface area contributed by atoms with Crippen molar-refractivity contribution >= 4 is 10.8 Å². The van der Waals surface area contributed by atoms with Crippen molar-refractivity contribution in [3.63, 3.8) is 0 Å². The van der Waals surface area contributed by atoms with Crippen LogP contribution in [0.3, 0.4) is 0 Å². The predicted molar refractivity (Wildman–Crippen MR) is 82.9 cm³/mol. The van der Waals surface area contributed by atoms with Gasteiger partial charge in [-0.1, -0.05) is 36.4 Å². The molecule has 2 aromatic carbocycles. The lowest BCUT2D eigenvalue weighted by Crippen LogP contribution is -2.35. The molecule has 0 spiro atoms. The smallest absolute Gasteiger partial charge is 0.207 e. The molecule has 0 heterocycles. The summed E-state index contributed by atoms with van der Waals surface area (Å²) < 4.78 is 10.6. The summed E-state index contributed by atoms with van der Waals surface area (Å²) in [5, 5.41) is 13.1. The van der Waals surface area contributed by atoms with Gasteiger partial charge in [0.15, 0.2) is 0 Å². The highest BCUT2D eigenvalue weighted by Crippen LogP contribution is 2.33. The van der Waals surface area contributed by atoms with Crippen LogP contribution in [0.4, 0.5) is 0 Å². The third kappa shape index (κ3) is 2.40. The zero-order valence-electron chi connectivity index (χ0n) is 12.1. The van der Waals surface area contributed by atoms with Gasteiger partial charge in [-0.05, 0) is 46.7 Å². The van der Waals surface area contributed by atoms with Crippen LogP contribution in [0.1, 0.15) is 5.56 Å². The van der Waals surface area contributed by atoms with Crippen molar-refractivity contribution in [1.29, 1.82) is 0 Å². The van der Waals surface area contributed by atoms with Gasteiger partial charge in [-0.3, -0.25) is 0 Å². The van der Waals surface area contributed by atoms with Gasteiger partial charge in [0.25, 0.3) is 0 Å². The van der Waals surface area contributed by atoms with Gasteiger partial charge < -0.3 is 14.6 Å². The first-order valence-electron chi connectivity index (χ1n) is 6.84. The first-order chi connectivity index (χ1) is 10.1. The minimum atomic E-state index is -1.15. The van der Waals surface area contributed by atoms with Crippen molar-refractivity contribution in [2.24, 2.45) is 0 Å². The second-order valence-electron chi connectivity index (χ2n) is 5.18. The molecule has 3 nitrogen and oxygen atoms in total. The van der Waals surface area contributed by atoms with Crippen molar-refractivity contribution in [1.82, 2.24) is 0 Å². The molecule has 0 unspecified atom stereocenters. The number of aliphatic hydroxyl groups is 1. The van der Waals surface area contributed by atoms with E-state index in [0.29, 0.717) is 0 Å². The number of hydrogen-bond donors (Lipinski definition) is 1. The van der Waals surface area contributed by atoms with Gasteiger partial charge in [-0.2, -0.15) is 0 Å². The number of fused-ring (bicyclic) bond motifs is 1. The Morgan fingerprint density at radius 2 is 1.43 bits per heavy atom. The lowest BCUT2D eigenvalue weighted by Gasteiger charge is -2.32. The maximum atomic E-state index is 10.8. The highest BCUT2D eigenvalue weighted by Gasteiger charge is 2.33. The van der Waals surface area contributed by atoms with Gasteiger partial charge in [0, 0.05) is 14.2 Å². The molecule has 3 rings (SSSR count). The molecule has 108 valence electrons. The number of hydrogen-bond acceptors (Lipinski definition) is 3. The molecule has 0 radical (unpaired) electrons. The highest BCUT2D eigenvalue weighted by atomic mass is 16.7. The van der Waals surface area contributed by atoms with Crippen LogP contribution in [-0.4, -0.2) is 25.1 Å². The molecule has 2 aromatic rings. The summed E-state index contributed by atoms with van der Waals surface area (Å²) in [4.78, 5) is 0. The van der Waals surface area contributed by atoms with Crippen LogP contribution in [0.15, 0.2) is 66.8 Å². The van der Waals surface area contributed by atoms with Gasteiger partial charge >= 0.3 is 0 Å². The van der Waals surface area contributed by atoms with Crippen molar-refractivity contribution in [2.75, 3.05) is 14.2 Å². The summed E-state index contributed by atoms with van der Waals surface area (Å²) in [5.41, 5.74) is -0.334. The summed E-state index contributed by atoms with van der Waals surface area (Å²) >= 11 is 0. The van der Waals surface area contributed by atoms with Crippen molar-refractivity contribution < 1.29 is 14.6 Å². The predicted octanol–water partition coefficient (Wildman–Crippen LogP) is 3.14. The minimum Gasteiger partial charge on any atom is -0.377 e. The van der Waals surface area contributed by atoms with Crippen LogP contribution >= 0.6 is 0 Å². The van der Waals surface area contributed by atoms with Crippen molar-refractivity contribution in [2.45, 2.75) is 11.4 Å². The zero-order valence-corrected chi connectivity index (χ0v) is 12.1. The number of benzene rings is 2. The molecule has 1 N–H and O–H groups in total. The van der Waals surface area contributed by atoms with E-state index < -0.39 is 11.4 Å². The largest absolute Gasteiger partial charge is 0.377 e. The quantitative estimate of drug-likeness (QED) is 0.694. The monoisotopic (exact) mass is 282 g/mol. The van der Waals surface area contributed by atoms with Crippen molar-refractivity contribution in [3.05, 3.63) is 72.3 Å². The van der Waals surface area contributed by atoms with Gasteiger partial charge in [-0.25, -0.2) is 0 Å². The van der Waals surface area contributed by atoms with Gasteiger partial charge in [0.2, 0.25) is 5.79 Å². The van der Waals surface area contributed by atoms with E-state index in [9.17, 15) is 5.11 Å². The first-order valence-corrected chi connectivity index (χ1v) is 6.84. The SMILES string of the molecule is COC1(OC)C=CC(O)(c2ccc3ccccc3c2)C=C1. The topological polar surface area (TPSA) is 38.7 Å². The Bertz CT molecular complexity index is 695. The van der Waals surface area contributed by atoms with Crippen LogP contribution in [0.2, 0.25) is 0 Å². The third-order valence-electron chi connectivity index (χ3n) is 3.99. The molecular weight excluding hydrogens is 264 g/mol. The van der Waals surface area contributed by atoms with Crippen LogP contribution in [-0.2, 0) is 15.1 Å². The fraction of sp³-hybridized carbons (Fsp3) is 0.222. The molecule has 0 bridgehead atoms. The van der Waals surface area contributed by atoms with E-state index in [-0.39, 0.29) is 0 Å². The van der Waals surface area contributed by atoms with E-state index in [1.165, 1.54) is 0 Å².